The Morgan fingerprint density at radius 3 is 2.30 bits per heavy atom. The average Bonchev–Trinajstić information content (AvgIpc) is 3.40. The van der Waals surface area contributed by atoms with Gasteiger partial charge in [-0.1, -0.05) is 44.2 Å². The predicted molar refractivity (Wildman–Crippen MR) is 135 cm³/mol. The molecule has 1 atom stereocenters. The van der Waals surface area contributed by atoms with Gasteiger partial charge < -0.3 is 20.4 Å². The van der Waals surface area contributed by atoms with Crippen LogP contribution in [-0.2, 0) is 0 Å². The summed E-state index contributed by atoms with van der Waals surface area (Å²) in [4.78, 5) is 17.9. The van der Waals surface area contributed by atoms with Gasteiger partial charge in [-0.15, -0.1) is 0 Å². The van der Waals surface area contributed by atoms with Gasteiger partial charge in [0.05, 0.1) is 0 Å². The van der Waals surface area contributed by atoms with Crippen LogP contribution in [0.2, 0.25) is 0 Å². The summed E-state index contributed by atoms with van der Waals surface area (Å²) in [5, 5.41) is 6.52. The molecule has 1 radical (unpaired) electrons. The lowest BCUT2D eigenvalue weighted by molar-refractivity contribution is 0.154. The molecule has 2 saturated carbocycles. The SMILES string of the molecule is O=C(NC1CCCCC1)N[C@@H]1CCCN(c2ccc[c]c2C2CCN(C3CCCC3)CC2)C1. The van der Waals surface area contributed by atoms with Gasteiger partial charge in [-0.05, 0) is 88.1 Å². The Morgan fingerprint density at radius 1 is 0.818 bits per heavy atom. The maximum atomic E-state index is 12.6. The van der Waals surface area contributed by atoms with Crippen LogP contribution in [0.4, 0.5) is 10.5 Å². The maximum absolute atomic E-state index is 12.6. The van der Waals surface area contributed by atoms with Crippen LogP contribution in [0, 0.1) is 6.07 Å². The zero-order chi connectivity index (χ0) is 22.5. The number of nitrogens with one attached hydrogen (secondary N) is 2. The van der Waals surface area contributed by atoms with E-state index in [1.54, 1.807) is 0 Å². The van der Waals surface area contributed by atoms with Crippen molar-refractivity contribution in [2.45, 2.75) is 108 Å². The van der Waals surface area contributed by atoms with E-state index in [9.17, 15) is 4.79 Å². The highest BCUT2D eigenvalue weighted by Gasteiger charge is 2.30. The molecule has 2 amide bonds. The van der Waals surface area contributed by atoms with Gasteiger partial charge >= 0.3 is 6.03 Å². The third-order valence-electron chi connectivity index (χ3n) is 8.68. The third-order valence-corrected chi connectivity index (χ3v) is 8.68. The minimum absolute atomic E-state index is 0.0351. The normalized spacial score (nSPS) is 26.4. The molecule has 4 fully saturated rings. The van der Waals surface area contributed by atoms with Crippen LogP contribution in [0.1, 0.15) is 95.0 Å². The predicted octanol–water partition coefficient (Wildman–Crippen LogP) is 5.21. The van der Waals surface area contributed by atoms with Crippen molar-refractivity contribution in [3.8, 4) is 0 Å². The molecule has 2 aliphatic heterocycles. The first-order valence-corrected chi connectivity index (χ1v) is 13.8. The fourth-order valence-electron chi connectivity index (χ4n) is 6.84. The van der Waals surface area contributed by atoms with Crippen LogP contribution in [0.3, 0.4) is 0 Å². The Hall–Kier alpha value is -1.75. The minimum Gasteiger partial charge on any atom is -0.369 e. The van der Waals surface area contributed by atoms with Crippen molar-refractivity contribution in [1.29, 1.82) is 0 Å². The Kier molecular flexibility index (Phi) is 7.75. The number of hydrogen-bond acceptors (Lipinski definition) is 3. The number of likely N-dealkylation sites (tertiary alicyclic amines) is 1. The van der Waals surface area contributed by atoms with Crippen LogP contribution in [0.25, 0.3) is 0 Å². The molecule has 2 N–H and O–H groups in total. The third kappa shape index (κ3) is 5.85. The zero-order valence-electron chi connectivity index (χ0n) is 20.4. The van der Waals surface area contributed by atoms with Crippen LogP contribution >= 0.6 is 0 Å². The van der Waals surface area contributed by atoms with Crippen molar-refractivity contribution in [3.05, 3.63) is 29.8 Å². The monoisotopic (exact) mass is 451 g/mol. The molecule has 1 aromatic rings. The van der Waals surface area contributed by atoms with E-state index in [0.717, 1.165) is 44.8 Å². The van der Waals surface area contributed by atoms with Gasteiger partial charge in [-0.3, -0.25) is 0 Å². The largest absolute Gasteiger partial charge is 0.369 e. The van der Waals surface area contributed by atoms with Crippen molar-refractivity contribution in [2.75, 3.05) is 31.1 Å². The molecule has 181 valence electrons. The Morgan fingerprint density at radius 2 is 1.52 bits per heavy atom. The van der Waals surface area contributed by atoms with Crippen molar-refractivity contribution < 1.29 is 4.79 Å². The first-order valence-electron chi connectivity index (χ1n) is 13.8. The lowest BCUT2D eigenvalue weighted by Crippen LogP contribution is -2.52. The first kappa shape index (κ1) is 23.0. The summed E-state index contributed by atoms with van der Waals surface area (Å²) in [5.74, 6) is 0.613. The molecular weight excluding hydrogens is 408 g/mol. The van der Waals surface area contributed by atoms with E-state index in [2.05, 4.69) is 44.7 Å². The van der Waals surface area contributed by atoms with E-state index in [-0.39, 0.29) is 12.1 Å². The number of anilines is 1. The number of hydrogen-bond donors (Lipinski definition) is 2. The van der Waals surface area contributed by atoms with E-state index < -0.39 is 0 Å². The van der Waals surface area contributed by atoms with E-state index in [1.807, 2.05) is 0 Å². The molecule has 0 unspecified atom stereocenters. The molecule has 0 spiro atoms. The number of rotatable bonds is 5. The van der Waals surface area contributed by atoms with Crippen LogP contribution in [-0.4, -0.2) is 55.2 Å². The first-order chi connectivity index (χ1) is 16.3. The van der Waals surface area contributed by atoms with Gasteiger partial charge in [0.25, 0.3) is 0 Å². The van der Waals surface area contributed by atoms with Gasteiger partial charge in [0.2, 0.25) is 0 Å². The molecule has 1 aromatic carbocycles. The molecule has 0 bridgehead atoms. The topological polar surface area (TPSA) is 47.6 Å². The summed E-state index contributed by atoms with van der Waals surface area (Å²) >= 11 is 0. The molecule has 0 aromatic heterocycles. The van der Waals surface area contributed by atoms with Crippen molar-refractivity contribution in [2.24, 2.45) is 0 Å². The summed E-state index contributed by atoms with van der Waals surface area (Å²) < 4.78 is 0. The summed E-state index contributed by atoms with van der Waals surface area (Å²) in [5.41, 5.74) is 2.77. The standard InChI is InChI=1S/C28H43N4O/c33-28(29-23-9-2-1-3-10-23)30-24-11-8-18-32(21-24)27-15-7-6-14-26(27)22-16-19-31(20-17-22)25-12-4-5-13-25/h6-7,15,22-25H,1-5,8-13,16-21H2,(H2,29,30,33)/t24-/m1/s1. The highest BCUT2D eigenvalue weighted by Crippen LogP contribution is 2.37. The molecule has 2 saturated heterocycles. The second kappa shape index (κ2) is 11.1. The second-order valence-electron chi connectivity index (χ2n) is 11.0. The molecule has 2 heterocycles. The van der Waals surface area contributed by atoms with Gasteiger partial charge in [0, 0.05) is 36.9 Å². The summed E-state index contributed by atoms with van der Waals surface area (Å²) in [6.07, 6.45) is 16.4. The van der Waals surface area contributed by atoms with E-state index in [0.29, 0.717) is 12.0 Å². The fraction of sp³-hybridized carbons (Fsp3) is 0.750. The smallest absolute Gasteiger partial charge is 0.315 e. The number of nitrogens with zero attached hydrogens (tertiary/aromatic N) is 2. The summed E-state index contributed by atoms with van der Waals surface area (Å²) in [7, 11) is 0. The Labute approximate surface area is 200 Å². The molecule has 5 heteroatoms. The highest BCUT2D eigenvalue weighted by molar-refractivity contribution is 5.74. The van der Waals surface area contributed by atoms with E-state index in [4.69, 9.17) is 0 Å². The fourth-order valence-corrected chi connectivity index (χ4v) is 6.84. The second-order valence-corrected chi connectivity index (χ2v) is 11.0. The van der Waals surface area contributed by atoms with Crippen LogP contribution in [0.5, 0.6) is 0 Å². The van der Waals surface area contributed by atoms with Crippen molar-refractivity contribution >= 4 is 11.7 Å². The molecule has 33 heavy (non-hydrogen) atoms. The number of amides is 2. The molecule has 4 aliphatic rings. The quantitative estimate of drug-likeness (QED) is 0.646. The number of piperidine rings is 2. The lowest BCUT2D eigenvalue weighted by atomic mass is 9.87. The average molecular weight is 452 g/mol. The molecule has 2 aliphatic carbocycles. The summed E-state index contributed by atoms with van der Waals surface area (Å²) in [6, 6.07) is 11.6. The van der Waals surface area contributed by atoms with Crippen molar-refractivity contribution in [3.63, 3.8) is 0 Å². The van der Waals surface area contributed by atoms with Gasteiger partial charge in [0.1, 0.15) is 0 Å². The van der Waals surface area contributed by atoms with Gasteiger partial charge in [0.15, 0.2) is 0 Å². The minimum atomic E-state index is 0.0351. The summed E-state index contributed by atoms with van der Waals surface area (Å²) in [6.45, 7) is 4.46. The highest BCUT2D eigenvalue weighted by atomic mass is 16.2. The molecular formula is C28H43N4O. The number of carbonyl (C=O) groups excluding carboxylic acids is 1. The van der Waals surface area contributed by atoms with Crippen LogP contribution < -0.4 is 15.5 Å². The Balaban J connectivity index is 1.17. The number of urea groups is 1. The van der Waals surface area contributed by atoms with Crippen molar-refractivity contribution in [1.82, 2.24) is 15.5 Å². The van der Waals surface area contributed by atoms with Gasteiger partial charge in [-0.2, -0.15) is 0 Å². The van der Waals surface area contributed by atoms with E-state index in [1.165, 1.54) is 82.1 Å². The molecule has 5 nitrogen and oxygen atoms in total. The number of carbonyl (C=O) groups is 1. The number of benzene rings is 1. The van der Waals surface area contributed by atoms with Gasteiger partial charge in [-0.25, -0.2) is 4.79 Å². The molecule has 5 rings (SSSR count). The maximum Gasteiger partial charge on any atom is 0.315 e. The van der Waals surface area contributed by atoms with E-state index >= 15 is 0 Å². The zero-order valence-corrected chi connectivity index (χ0v) is 20.4. The Bertz CT molecular complexity index is 763. The lowest BCUT2D eigenvalue weighted by Gasteiger charge is -2.39. The van der Waals surface area contributed by atoms with Crippen LogP contribution in [0.15, 0.2) is 18.2 Å².